The van der Waals surface area contributed by atoms with Gasteiger partial charge in [0, 0.05) is 12.6 Å². The van der Waals surface area contributed by atoms with E-state index >= 15 is 0 Å². The molecule has 0 amide bonds. The summed E-state index contributed by atoms with van der Waals surface area (Å²) in [5, 5.41) is 0. The van der Waals surface area contributed by atoms with Gasteiger partial charge < -0.3 is 0 Å². The molecule has 1 nitrogen and oxygen atoms in total. The molecule has 76 valence electrons. The van der Waals surface area contributed by atoms with Crippen molar-refractivity contribution in [3.05, 3.63) is 46.1 Å². The fraction of sp³-hybridized carbons (Fsp3) is 0.333. The second kappa shape index (κ2) is 6.19. The van der Waals surface area contributed by atoms with Crippen LogP contribution in [0.1, 0.15) is 18.5 Å². The van der Waals surface area contributed by atoms with Crippen LogP contribution in [-0.2, 0) is 0 Å². The van der Waals surface area contributed by atoms with E-state index in [1.807, 2.05) is 0 Å². The monoisotopic (exact) mass is 301 g/mol. The molecule has 0 spiro atoms. The molecule has 0 radical (unpaired) electrons. The highest BCUT2D eigenvalue weighted by Gasteiger charge is 2.08. The Labute approximate surface area is 100.0 Å². The van der Waals surface area contributed by atoms with Crippen molar-refractivity contribution in [2.75, 3.05) is 13.6 Å². The second-order valence-corrected chi connectivity index (χ2v) is 4.11. The molecule has 0 aliphatic rings. The van der Waals surface area contributed by atoms with Crippen LogP contribution in [0.2, 0.25) is 0 Å². The quantitative estimate of drug-likeness (QED) is 0.768. The SMILES string of the molecule is C[C@@H](c1ccccc1)N(C)C/C=C\I. The van der Waals surface area contributed by atoms with Crippen molar-refractivity contribution in [3.63, 3.8) is 0 Å². The van der Waals surface area contributed by atoms with E-state index in [0.717, 1.165) is 6.54 Å². The van der Waals surface area contributed by atoms with E-state index in [-0.39, 0.29) is 0 Å². The molecule has 0 aliphatic heterocycles. The van der Waals surface area contributed by atoms with Crippen LogP contribution in [0, 0.1) is 0 Å². The lowest BCUT2D eigenvalue weighted by Gasteiger charge is -2.23. The summed E-state index contributed by atoms with van der Waals surface area (Å²) in [6.07, 6.45) is 2.17. The number of benzene rings is 1. The first-order chi connectivity index (χ1) is 6.75. The van der Waals surface area contributed by atoms with Crippen molar-refractivity contribution in [2.24, 2.45) is 0 Å². The fourth-order valence-corrected chi connectivity index (χ4v) is 1.58. The second-order valence-electron chi connectivity index (χ2n) is 3.39. The van der Waals surface area contributed by atoms with E-state index in [4.69, 9.17) is 0 Å². The van der Waals surface area contributed by atoms with Crippen molar-refractivity contribution in [3.8, 4) is 0 Å². The molecule has 1 aromatic rings. The number of hydrogen-bond acceptors (Lipinski definition) is 1. The molecule has 0 saturated heterocycles. The van der Waals surface area contributed by atoms with Crippen LogP contribution < -0.4 is 0 Å². The highest BCUT2D eigenvalue weighted by molar-refractivity contribution is 14.1. The summed E-state index contributed by atoms with van der Waals surface area (Å²) in [5.41, 5.74) is 1.37. The average molecular weight is 301 g/mol. The molecule has 0 N–H and O–H groups in total. The largest absolute Gasteiger partial charge is 0.296 e. The third kappa shape index (κ3) is 3.42. The van der Waals surface area contributed by atoms with Gasteiger partial charge >= 0.3 is 0 Å². The topological polar surface area (TPSA) is 3.24 Å². The minimum atomic E-state index is 0.476. The van der Waals surface area contributed by atoms with Crippen LogP contribution in [0.5, 0.6) is 0 Å². The Balaban J connectivity index is 2.61. The van der Waals surface area contributed by atoms with Crippen LogP contribution in [0.25, 0.3) is 0 Å². The van der Waals surface area contributed by atoms with Crippen molar-refractivity contribution >= 4 is 22.6 Å². The van der Waals surface area contributed by atoms with Gasteiger partial charge in [-0.3, -0.25) is 4.90 Å². The standard InChI is InChI=1S/C12H16IN/c1-11(14(2)10-6-9-13)12-7-4-3-5-8-12/h3-9,11H,10H2,1-2H3/b9-6-/t11-/m0/s1. The van der Waals surface area contributed by atoms with Gasteiger partial charge in [-0.2, -0.15) is 0 Å². The van der Waals surface area contributed by atoms with Crippen LogP contribution >= 0.6 is 22.6 Å². The van der Waals surface area contributed by atoms with Crippen molar-refractivity contribution in [1.82, 2.24) is 4.90 Å². The molecule has 0 aromatic heterocycles. The summed E-state index contributed by atoms with van der Waals surface area (Å²) in [6, 6.07) is 11.1. The van der Waals surface area contributed by atoms with Crippen LogP contribution in [0.4, 0.5) is 0 Å². The van der Waals surface area contributed by atoms with Crippen molar-refractivity contribution in [1.29, 1.82) is 0 Å². The lowest BCUT2D eigenvalue weighted by molar-refractivity contribution is 0.290. The smallest absolute Gasteiger partial charge is 0.0320 e. The molecule has 0 fully saturated rings. The molecule has 1 rings (SSSR count). The maximum absolute atomic E-state index is 2.32. The molecule has 2 heteroatoms. The van der Waals surface area contributed by atoms with E-state index < -0.39 is 0 Å². The maximum atomic E-state index is 2.32. The van der Waals surface area contributed by atoms with E-state index in [9.17, 15) is 0 Å². The first kappa shape index (κ1) is 11.7. The van der Waals surface area contributed by atoms with Gasteiger partial charge in [0.15, 0.2) is 0 Å². The predicted octanol–water partition coefficient (Wildman–Crippen LogP) is 3.63. The van der Waals surface area contributed by atoms with Gasteiger partial charge in [-0.1, -0.05) is 59.0 Å². The van der Waals surface area contributed by atoms with E-state index in [1.54, 1.807) is 0 Å². The van der Waals surface area contributed by atoms with Gasteiger partial charge in [-0.15, -0.1) is 0 Å². The zero-order chi connectivity index (χ0) is 10.4. The van der Waals surface area contributed by atoms with Gasteiger partial charge in [0.2, 0.25) is 0 Å². The average Bonchev–Trinajstić information content (AvgIpc) is 2.26. The Kier molecular flexibility index (Phi) is 5.19. The molecule has 0 unspecified atom stereocenters. The van der Waals surface area contributed by atoms with Crippen LogP contribution in [0.15, 0.2) is 40.5 Å². The molecule has 0 bridgehead atoms. The predicted molar refractivity (Wildman–Crippen MR) is 70.6 cm³/mol. The van der Waals surface area contributed by atoms with Gasteiger partial charge in [0.25, 0.3) is 0 Å². The molecular formula is C12H16IN. The van der Waals surface area contributed by atoms with E-state index in [1.165, 1.54) is 5.56 Å². The van der Waals surface area contributed by atoms with Gasteiger partial charge in [-0.25, -0.2) is 0 Å². The first-order valence-corrected chi connectivity index (χ1v) is 6.00. The van der Waals surface area contributed by atoms with Gasteiger partial charge in [-0.05, 0) is 23.6 Å². The summed E-state index contributed by atoms with van der Waals surface area (Å²) < 4.78 is 2.06. The highest BCUT2D eigenvalue weighted by atomic mass is 127. The fourth-order valence-electron chi connectivity index (χ4n) is 1.35. The Hall–Kier alpha value is -0.350. The summed E-state index contributed by atoms with van der Waals surface area (Å²) in [7, 11) is 2.15. The molecular weight excluding hydrogens is 285 g/mol. The van der Waals surface area contributed by atoms with Gasteiger partial charge in [0.05, 0.1) is 0 Å². The maximum Gasteiger partial charge on any atom is 0.0320 e. The normalized spacial score (nSPS) is 13.7. The van der Waals surface area contributed by atoms with Crippen molar-refractivity contribution < 1.29 is 0 Å². The lowest BCUT2D eigenvalue weighted by Crippen LogP contribution is -2.22. The number of halogens is 1. The number of hydrogen-bond donors (Lipinski definition) is 0. The zero-order valence-corrected chi connectivity index (χ0v) is 10.8. The van der Waals surface area contributed by atoms with Gasteiger partial charge in [0.1, 0.15) is 0 Å². The highest BCUT2D eigenvalue weighted by Crippen LogP contribution is 2.17. The number of rotatable bonds is 4. The molecule has 0 aliphatic carbocycles. The summed E-state index contributed by atoms with van der Waals surface area (Å²) in [4.78, 5) is 2.32. The minimum absolute atomic E-state index is 0.476. The van der Waals surface area contributed by atoms with Crippen LogP contribution in [-0.4, -0.2) is 18.5 Å². The Bertz CT molecular complexity index is 282. The Morgan fingerprint density at radius 2 is 2.00 bits per heavy atom. The lowest BCUT2D eigenvalue weighted by atomic mass is 10.1. The Morgan fingerprint density at radius 1 is 1.36 bits per heavy atom. The number of likely N-dealkylation sites (N-methyl/N-ethyl adjacent to an activating group) is 1. The van der Waals surface area contributed by atoms with E-state index in [2.05, 4.69) is 82.0 Å². The summed E-state index contributed by atoms with van der Waals surface area (Å²) in [5.74, 6) is 0. The molecule has 0 heterocycles. The molecule has 1 aromatic carbocycles. The van der Waals surface area contributed by atoms with Crippen molar-refractivity contribution in [2.45, 2.75) is 13.0 Å². The van der Waals surface area contributed by atoms with E-state index in [0.29, 0.717) is 6.04 Å². The summed E-state index contributed by atoms with van der Waals surface area (Å²) in [6.45, 7) is 3.23. The number of nitrogens with zero attached hydrogens (tertiary/aromatic N) is 1. The Morgan fingerprint density at radius 3 is 2.57 bits per heavy atom. The molecule has 0 saturated carbocycles. The van der Waals surface area contributed by atoms with Crippen LogP contribution in [0.3, 0.4) is 0 Å². The molecule has 14 heavy (non-hydrogen) atoms. The zero-order valence-electron chi connectivity index (χ0n) is 8.65. The molecule has 1 atom stereocenters. The first-order valence-electron chi connectivity index (χ1n) is 4.76. The summed E-state index contributed by atoms with van der Waals surface area (Å²) >= 11 is 2.25. The minimum Gasteiger partial charge on any atom is -0.296 e. The third-order valence-electron chi connectivity index (χ3n) is 2.43. The third-order valence-corrected chi connectivity index (χ3v) is 2.93.